The van der Waals surface area contributed by atoms with E-state index in [9.17, 15) is 5.11 Å². The minimum Gasteiger partial charge on any atom is -0.392 e. The number of aliphatic hydroxyl groups is 1. The van der Waals surface area contributed by atoms with Crippen LogP contribution in [-0.2, 0) is 6.54 Å². The van der Waals surface area contributed by atoms with Gasteiger partial charge < -0.3 is 10.1 Å². The van der Waals surface area contributed by atoms with Crippen molar-refractivity contribution in [1.29, 1.82) is 0 Å². The second-order valence-electron chi connectivity index (χ2n) is 6.27. The quantitative estimate of drug-likeness (QED) is 0.870. The number of nitrogens with zero attached hydrogens (tertiary/aromatic N) is 3. The summed E-state index contributed by atoms with van der Waals surface area (Å²) in [6.07, 6.45) is 6.24. The summed E-state index contributed by atoms with van der Waals surface area (Å²) in [7, 11) is 0. The highest BCUT2D eigenvalue weighted by Crippen LogP contribution is 2.22. The highest BCUT2D eigenvalue weighted by molar-refractivity contribution is 5.08. The number of rotatable bonds is 3. The zero-order chi connectivity index (χ0) is 13.9. The van der Waals surface area contributed by atoms with Gasteiger partial charge in [-0.25, -0.2) is 4.98 Å². The zero-order valence-electron chi connectivity index (χ0n) is 12.4. The Hall–Kier alpha value is -0.910. The van der Waals surface area contributed by atoms with Gasteiger partial charge in [-0.1, -0.05) is 0 Å². The van der Waals surface area contributed by atoms with Gasteiger partial charge in [0.15, 0.2) is 0 Å². The number of H-pyrrole nitrogens is 1. The van der Waals surface area contributed by atoms with Crippen molar-refractivity contribution in [2.75, 3.05) is 26.2 Å². The van der Waals surface area contributed by atoms with Gasteiger partial charge in [0.05, 0.1) is 18.1 Å². The third-order valence-electron chi connectivity index (χ3n) is 4.81. The molecule has 5 heteroatoms. The van der Waals surface area contributed by atoms with Crippen molar-refractivity contribution in [3.8, 4) is 0 Å². The molecule has 1 unspecified atom stereocenters. The molecule has 2 fully saturated rings. The monoisotopic (exact) mass is 278 g/mol. The summed E-state index contributed by atoms with van der Waals surface area (Å²) in [5.41, 5.74) is 2.36. The Morgan fingerprint density at radius 1 is 1.30 bits per heavy atom. The highest BCUT2D eigenvalue weighted by atomic mass is 16.3. The van der Waals surface area contributed by atoms with Crippen molar-refractivity contribution < 1.29 is 5.11 Å². The van der Waals surface area contributed by atoms with Crippen LogP contribution in [0.2, 0.25) is 0 Å². The van der Waals surface area contributed by atoms with Crippen molar-refractivity contribution in [1.82, 2.24) is 19.8 Å². The third-order valence-corrected chi connectivity index (χ3v) is 4.81. The first-order valence-corrected chi connectivity index (χ1v) is 7.85. The van der Waals surface area contributed by atoms with E-state index in [-0.39, 0.29) is 6.10 Å². The van der Waals surface area contributed by atoms with Crippen LogP contribution >= 0.6 is 0 Å². The van der Waals surface area contributed by atoms with Gasteiger partial charge in [-0.05, 0) is 39.2 Å². The fourth-order valence-corrected chi connectivity index (χ4v) is 3.52. The number of aromatic nitrogens is 2. The van der Waals surface area contributed by atoms with E-state index in [1.807, 2.05) is 0 Å². The lowest BCUT2D eigenvalue weighted by Gasteiger charge is -2.41. The normalized spacial score (nSPS) is 27.0. The summed E-state index contributed by atoms with van der Waals surface area (Å²) in [4.78, 5) is 12.5. The maximum Gasteiger partial charge on any atom is 0.0925 e. The molecule has 1 aromatic rings. The van der Waals surface area contributed by atoms with Crippen LogP contribution in [-0.4, -0.2) is 63.2 Å². The maximum absolute atomic E-state index is 9.80. The number of imidazole rings is 1. The Balaban J connectivity index is 1.48. The molecule has 1 atom stereocenters. The summed E-state index contributed by atoms with van der Waals surface area (Å²) < 4.78 is 0. The Labute approximate surface area is 121 Å². The van der Waals surface area contributed by atoms with Gasteiger partial charge in [0.1, 0.15) is 0 Å². The van der Waals surface area contributed by atoms with E-state index in [1.165, 1.54) is 30.8 Å². The summed E-state index contributed by atoms with van der Waals surface area (Å²) in [6.45, 7) is 7.38. The van der Waals surface area contributed by atoms with Crippen molar-refractivity contribution in [2.24, 2.45) is 0 Å². The molecule has 0 bridgehead atoms. The van der Waals surface area contributed by atoms with Gasteiger partial charge in [0.25, 0.3) is 0 Å². The van der Waals surface area contributed by atoms with E-state index < -0.39 is 0 Å². The summed E-state index contributed by atoms with van der Waals surface area (Å²) in [5, 5.41) is 9.80. The molecule has 0 aliphatic carbocycles. The van der Waals surface area contributed by atoms with Crippen LogP contribution in [0.25, 0.3) is 0 Å². The minimum atomic E-state index is -0.103. The fraction of sp³-hybridized carbons (Fsp3) is 0.800. The number of aliphatic hydroxyl groups excluding tert-OH is 1. The lowest BCUT2D eigenvalue weighted by molar-refractivity contribution is 0.0242. The Morgan fingerprint density at radius 2 is 2.10 bits per heavy atom. The second kappa shape index (κ2) is 6.24. The molecule has 2 N–H and O–H groups in total. The average molecular weight is 278 g/mol. The topological polar surface area (TPSA) is 55.4 Å². The third kappa shape index (κ3) is 3.22. The molecule has 0 spiro atoms. The van der Waals surface area contributed by atoms with Crippen molar-refractivity contribution in [3.05, 3.63) is 17.7 Å². The standard InChI is InChI=1S/C15H26N4O/c1-12-15(17-11-16-12)10-18-7-4-13(5-8-18)19-6-2-3-14(20)9-19/h11,13-14,20H,2-10H2,1H3,(H,16,17). The van der Waals surface area contributed by atoms with Crippen molar-refractivity contribution >= 4 is 0 Å². The Kier molecular flexibility index (Phi) is 4.38. The van der Waals surface area contributed by atoms with Crippen LogP contribution < -0.4 is 0 Å². The van der Waals surface area contributed by atoms with E-state index >= 15 is 0 Å². The van der Waals surface area contributed by atoms with Crippen molar-refractivity contribution in [2.45, 2.75) is 51.3 Å². The molecule has 0 amide bonds. The summed E-state index contributed by atoms with van der Waals surface area (Å²) in [5.74, 6) is 0. The number of β-amino-alcohol motifs (C(OH)–C–C–N with tert-alkyl or cyclic N) is 1. The van der Waals surface area contributed by atoms with Gasteiger partial charge in [0, 0.05) is 37.9 Å². The fourth-order valence-electron chi connectivity index (χ4n) is 3.52. The maximum atomic E-state index is 9.80. The van der Waals surface area contributed by atoms with Gasteiger partial charge in [-0.2, -0.15) is 0 Å². The molecular weight excluding hydrogens is 252 g/mol. The molecule has 20 heavy (non-hydrogen) atoms. The van der Waals surface area contributed by atoms with Gasteiger partial charge in [0.2, 0.25) is 0 Å². The van der Waals surface area contributed by atoms with Crippen LogP contribution in [0.1, 0.15) is 37.1 Å². The first-order chi connectivity index (χ1) is 9.72. The molecule has 0 saturated carbocycles. The predicted molar refractivity (Wildman–Crippen MR) is 78.4 cm³/mol. The van der Waals surface area contributed by atoms with Crippen molar-refractivity contribution in [3.63, 3.8) is 0 Å². The minimum absolute atomic E-state index is 0.103. The van der Waals surface area contributed by atoms with E-state index in [0.29, 0.717) is 6.04 Å². The number of hydrogen-bond donors (Lipinski definition) is 2. The highest BCUT2D eigenvalue weighted by Gasteiger charge is 2.28. The molecular formula is C15H26N4O. The number of likely N-dealkylation sites (tertiary alicyclic amines) is 2. The second-order valence-corrected chi connectivity index (χ2v) is 6.27. The first kappa shape index (κ1) is 14.0. The Morgan fingerprint density at radius 3 is 2.75 bits per heavy atom. The number of aryl methyl sites for hydroxylation is 1. The van der Waals surface area contributed by atoms with Gasteiger partial charge in [-0.3, -0.25) is 9.80 Å². The predicted octanol–water partition coefficient (Wildman–Crippen LogP) is 1.14. The SMILES string of the molecule is Cc1[nH]cnc1CN1CCC(N2CCCC(O)C2)CC1. The lowest BCUT2D eigenvalue weighted by Crippen LogP contribution is -2.49. The van der Waals surface area contributed by atoms with E-state index in [0.717, 1.165) is 39.0 Å². The summed E-state index contributed by atoms with van der Waals surface area (Å²) >= 11 is 0. The number of piperidine rings is 2. The zero-order valence-corrected chi connectivity index (χ0v) is 12.4. The number of nitrogens with one attached hydrogen (secondary N) is 1. The Bertz CT molecular complexity index is 425. The molecule has 2 aliphatic heterocycles. The van der Waals surface area contributed by atoms with E-state index in [1.54, 1.807) is 6.33 Å². The average Bonchev–Trinajstić information content (AvgIpc) is 2.85. The molecule has 2 aliphatic rings. The van der Waals surface area contributed by atoms with E-state index in [2.05, 4.69) is 26.7 Å². The van der Waals surface area contributed by atoms with Crippen LogP contribution in [0.15, 0.2) is 6.33 Å². The molecule has 2 saturated heterocycles. The summed E-state index contributed by atoms with van der Waals surface area (Å²) in [6, 6.07) is 0.668. The van der Waals surface area contributed by atoms with Crippen LogP contribution in [0.4, 0.5) is 0 Å². The van der Waals surface area contributed by atoms with E-state index in [4.69, 9.17) is 0 Å². The first-order valence-electron chi connectivity index (χ1n) is 7.85. The molecule has 0 radical (unpaired) electrons. The molecule has 5 nitrogen and oxygen atoms in total. The smallest absolute Gasteiger partial charge is 0.0925 e. The molecule has 3 rings (SSSR count). The number of hydrogen-bond acceptors (Lipinski definition) is 4. The van der Waals surface area contributed by atoms with Gasteiger partial charge >= 0.3 is 0 Å². The largest absolute Gasteiger partial charge is 0.392 e. The molecule has 0 aromatic carbocycles. The molecule has 112 valence electrons. The van der Waals surface area contributed by atoms with Crippen LogP contribution in [0.3, 0.4) is 0 Å². The molecule has 1 aromatic heterocycles. The van der Waals surface area contributed by atoms with Gasteiger partial charge in [-0.15, -0.1) is 0 Å². The number of aromatic amines is 1. The van der Waals surface area contributed by atoms with Crippen LogP contribution in [0, 0.1) is 6.92 Å². The van der Waals surface area contributed by atoms with Crippen LogP contribution in [0.5, 0.6) is 0 Å². The lowest BCUT2D eigenvalue weighted by atomic mass is 9.99. The molecule has 3 heterocycles.